The maximum atomic E-state index is 12.4. The molecule has 21 atom stereocenters. The Morgan fingerprint density at radius 3 is 2.07 bits per heavy atom. The molecule has 0 aromatic carbocycles. The monoisotopic (exact) mass is 784 g/mol. The van der Waals surface area contributed by atoms with Crippen molar-refractivity contribution in [2.75, 3.05) is 13.2 Å². The summed E-state index contributed by atoms with van der Waals surface area (Å²) in [6.45, 7) is 13.8. The topological polar surface area (TPSA) is 228 Å². The average molecular weight is 785 g/mol. The largest absolute Gasteiger partial charge is 0.394 e. The van der Waals surface area contributed by atoms with Crippen molar-refractivity contribution < 1.29 is 69.6 Å². The molecule has 8 fully saturated rings. The molecule has 0 radical (unpaired) electrons. The molecule has 8 rings (SSSR count). The van der Waals surface area contributed by atoms with E-state index in [1.54, 1.807) is 13.8 Å². The Kier molecular flexibility index (Phi) is 9.90. The first-order chi connectivity index (χ1) is 25.5. The molecular formula is C41H68O14. The molecule has 3 heterocycles. The van der Waals surface area contributed by atoms with Crippen molar-refractivity contribution in [3.05, 3.63) is 0 Å². The molecule has 9 N–H and O–H groups in total. The van der Waals surface area contributed by atoms with E-state index >= 15 is 0 Å². The highest BCUT2D eigenvalue weighted by Gasteiger charge is 2.85. The summed E-state index contributed by atoms with van der Waals surface area (Å²) in [6, 6.07) is 0. The molecule has 8 aliphatic rings. The summed E-state index contributed by atoms with van der Waals surface area (Å²) in [6.07, 6.45) is -7.87. The fraction of sp³-hybridized carbons (Fsp3) is 1.00. The summed E-state index contributed by atoms with van der Waals surface area (Å²) in [5.74, 6) is 0.0159. The molecule has 3 aliphatic heterocycles. The highest BCUT2D eigenvalue weighted by molar-refractivity contribution is 5.33. The number of hydrogen-bond acceptors (Lipinski definition) is 14. The lowest BCUT2D eigenvalue weighted by atomic mass is 9.41. The number of hydrogen-bond donors (Lipinski definition) is 9. The van der Waals surface area contributed by atoms with Crippen LogP contribution in [-0.2, 0) is 23.7 Å². The molecule has 14 heteroatoms. The van der Waals surface area contributed by atoms with E-state index in [2.05, 4.69) is 34.6 Å². The lowest BCUT2D eigenvalue weighted by Crippen LogP contribution is -2.64. The molecular weight excluding hydrogens is 716 g/mol. The van der Waals surface area contributed by atoms with Gasteiger partial charge in [-0.1, -0.05) is 27.7 Å². The van der Waals surface area contributed by atoms with Crippen LogP contribution in [0.5, 0.6) is 0 Å². The lowest BCUT2D eigenvalue weighted by molar-refractivity contribution is -0.366. The average Bonchev–Trinajstić information content (AvgIpc) is 3.45. The molecule has 5 saturated carbocycles. The van der Waals surface area contributed by atoms with Crippen LogP contribution in [0.1, 0.15) is 106 Å². The predicted octanol–water partition coefficient (Wildman–Crippen LogP) is 0.724. The van der Waals surface area contributed by atoms with Gasteiger partial charge in [0.05, 0.1) is 48.8 Å². The second kappa shape index (κ2) is 13.2. The van der Waals surface area contributed by atoms with Crippen molar-refractivity contribution >= 4 is 0 Å². The van der Waals surface area contributed by atoms with E-state index < -0.39 is 96.8 Å². The standard InChI is InChI=1S/C41H68O14/c1-35(2)24(53-34-30(26(46)21(45)17-51-34)54-33-29(49)28(48)27(47)22(16-42)52-33)9-11-41-18-40(41)13-12-37(5)32(39(7)10-8-25(55-39)36(3,4)50)20(44)15-38(37,6)23(40)14-19(43)31(35)41/h19-34,42-50H,8-18H2,1-7H3/t19-,20-,21+,22+,23-,24-,25-,26-,27+,28-,29+,30+,31-,32-,33-,34-,37+,38-,39-,40-,41+/m0/s1. The third kappa shape index (κ3) is 5.70. The first-order valence-corrected chi connectivity index (χ1v) is 20.9. The molecule has 55 heavy (non-hydrogen) atoms. The zero-order valence-electron chi connectivity index (χ0n) is 33.6. The molecule has 0 amide bonds. The van der Waals surface area contributed by atoms with E-state index in [-0.39, 0.29) is 52.1 Å². The van der Waals surface area contributed by atoms with Gasteiger partial charge in [-0.05, 0) is 117 Å². The van der Waals surface area contributed by atoms with Crippen molar-refractivity contribution in [1.29, 1.82) is 0 Å². The third-order valence-corrected chi connectivity index (χ3v) is 17.6. The minimum atomic E-state index is -1.72. The Bertz CT molecular complexity index is 1460. The van der Waals surface area contributed by atoms with Crippen LogP contribution in [0, 0.1) is 44.8 Å². The number of ether oxygens (including phenoxy) is 5. The van der Waals surface area contributed by atoms with Crippen LogP contribution < -0.4 is 0 Å². The van der Waals surface area contributed by atoms with Crippen molar-refractivity contribution in [2.24, 2.45) is 44.8 Å². The van der Waals surface area contributed by atoms with Crippen LogP contribution in [-0.4, -0.2) is 150 Å². The quantitative estimate of drug-likeness (QED) is 0.162. The maximum Gasteiger partial charge on any atom is 0.187 e. The zero-order chi connectivity index (χ0) is 40.1. The molecule has 14 nitrogen and oxygen atoms in total. The minimum Gasteiger partial charge on any atom is -0.394 e. The van der Waals surface area contributed by atoms with E-state index in [0.717, 1.165) is 38.5 Å². The van der Waals surface area contributed by atoms with E-state index in [0.29, 0.717) is 19.3 Å². The van der Waals surface area contributed by atoms with Crippen molar-refractivity contribution in [3.63, 3.8) is 0 Å². The Hall–Kier alpha value is -0.560. The molecule has 0 bridgehead atoms. The molecule has 0 unspecified atom stereocenters. The zero-order valence-corrected chi connectivity index (χ0v) is 33.6. The van der Waals surface area contributed by atoms with Gasteiger partial charge in [0.1, 0.15) is 42.7 Å². The SMILES string of the molecule is CC(C)(O)[C@@H]1CC[C@@](C)([C@H]2[C@@H](O)C[C@@]3(C)[C@@H]4C[C@H](O)[C@H]5C(C)(C)[C@@H](O[C@@H]6OC[C@@H](O)[C@H](O)[C@H]6O[C@@H]6O[C@H](CO)[C@@H](O)[C@H](O)[C@H]6O)CC[C@@]56C[C@@]46CC[C@]23C)O1. The number of aliphatic hydroxyl groups is 9. The summed E-state index contributed by atoms with van der Waals surface area (Å²) in [5.41, 5.74) is -2.64. The summed E-state index contributed by atoms with van der Waals surface area (Å²) in [5, 5.41) is 97.9. The number of rotatable bonds is 7. The third-order valence-electron chi connectivity index (χ3n) is 17.6. The van der Waals surface area contributed by atoms with Gasteiger partial charge in [-0.3, -0.25) is 0 Å². The molecule has 0 aromatic rings. The van der Waals surface area contributed by atoms with Gasteiger partial charge < -0.3 is 69.6 Å². The second-order valence-electron chi connectivity index (χ2n) is 21.1. The minimum absolute atomic E-state index is 0.0193. The van der Waals surface area contributed by atoms with Crippen LogP contribution in [0.2, 0.25) is 0 Å². The Labute approximate surface area is 324 Å². The molecule has 2 spiro atoms. The molecule has 316 valence electrons. The second-order valence-corrected chi connectivity index (χ2v) is 21.1. The summed E-state index contributed by atoms with van der Waals surface area (Å²) in [4.78, 5) is 0. The Balaban J connectivity index is 1.02. The normalized spacial score (nSPS) is 58.7. The molecule has 5 aliphatic carbocycles. The van der Waals surface area contributed by atoms with Crippen molar-refractivity contribution in [2.45, 2.75) is 197 Å². The highest BCUT2D eigenvalue weighted by atomic mass is 16.8. The van der Waals surface area contributed by atoms with E-state index in [4.69, 9.17) is 23.7 Å². The highest BCUT2D eigenvalue weighted by Crippen LogP contribution is 2.89. The van der Waals surface area contributed by atoms with Crippen LogP contribution in [0.4, 0.5) is 0 Å². The number of fused-ring (bicyclic) bond motifs is 2. The summed E-state index contributed by atoms with van der Waals surface area (Å²) >= 11 is 0. The smallest absolute Gasteiger partial charge is 0.187 e. The van der Waals surface area contributed by atoms with Gasteiger partial charge in [-0.25, -0.2) is 0 Å². The Morgan fingerprint density at radius 2 is 1.42 bits per heavy atom. The fourth-order valence-electron chi connectivity index (χ4n) is 14.9. The van der Waals surface area contributed by atoms with E-state index in [9.17, 15) is 46.0 Å². The van der Waals surface area contributed by atoms with Gasteiger partial charge in [0, 0.05) is 5.92 Å². The van der Waals surface area contributed by atoms with Gasteiger partial charge in [-0.2, -0.15) is 0 Å². The van der Waals surface area contributed by atoms with E-state index in [1.165, 1.54) is 0 Å². The summed E-state index contributed by atoms with van der Waals surface area (Å²) in [7, 11) is 0. The van der Waals surface area contributed by atoms with Gasteiger partial charge in [0.15, 0.2) is 12.6 Å². The van der Waals surface area contributed by atoms with Gasteiger partial charge >= 0.3 is 0 Å². The first-order valence-electron chi connectivity index (χ1n) is 20.9. The van der Waals surface area contributed by atoms with Crippen molar-refractivity contribution in [3.8, 4) is 0 Å². The lowest BCUT2D eigenvalue weighted by Gasteiger charge is -2.64. The van der Waals surface area contributed by atoms with Crippen LogP contribution >= 0.6 is 0 Å². The fourth-order valence-corrected chi connectivity index (χ4v) is 14.9. The van der Waals surface area contributed by atoms with Gasteiger partial charge in [-0.15, -0.1) is 0 Å². The molecule has 0 aromatic heterocycles. The number of aliphatic hydroxyl groups excluding tert-OH is 8. The van der Waals surface area contributed by atoms with Gasteiger partial charge in [0.25, 0.3) is 0 Å². The maximum absolute atomic E-state index is 12.4. The molecule has 3 saturated heterocycles. The van der Waals surface area contributed by atoms with E-state index in [1.807, 2.05) is 0 Å². The van der Waals surface area contributed by atoms with Gasteiger partial charge in [0.2, 0.25) is 0 Å². The Morgan fingerprint density at radius 1 is 0.709 bits per heavy atom. The van der Waals surface area contributed by atoms with Crippen LogP contribution in [0.15, 0.2) is 0 Å². The van der Waals surface area contributed by atoms with Crippen LogP contribution in [0.25, 0.3) is 0 Å². The predicted molar refractivity (Wildman–Crippen MR) is 194 cm³/mol. The van der Waals surface area contributed by atoms with Crippen LogP contribution in [0.3, 0.4) is 0 Å². The first kappa shape index (κ1) is 41.2. The van der Waals surface area contributed by atoms with Crippen molar-refractivity contribution in [1.82, 2.24) is 0 Å². The summed E-state index contributed by atoms with van der Waals surface area (Å²) < 4.78 is 30.9.